The Morgan fingerprint density at radius 2 is 2.00 bits per heavy atom. The monoisotopic (exact) mass is 367 g/mol. The maximum absolute atomic E-state index is 13.2. The molecule has 0 unspecified atom stereocenters. The molecule has 0 spiro atoms. The van der Waals surface area contributed by atoms with E-state index in [2.05, 4.69) is 25.5 Å². The van der Waals surface area contributed by atoms with Gasteiger partial charge in [0.1, 0.15) is 11.3 Å². The molecular weight excluding hydrogens is 345 g/mol. The van der Waals surface area contributed by atoms with Crippen LogP contribution in [-0.2, 0) is 11.2 Å². The van der Waals surface area contributed by atoms with Crippen LogP contribution in [0.1, 0.15) is 42.9 Å². The molecule has 1 aromatic carbocycles. The molecule has 0 saturated heterocycles. The van der Waals surface area contributed by atoms with Crippen molar-refractivity contribution in [2.24, 2.45) is 5.92 Å². The Balaban J connectivity index is 1.26. The third-order valence-electron chi connectivity index (χ3n) is 5.31. The van der Waals surface area contributed by atoms with Crippen LogP contribution >= 0.6 is 0 Å². The number of carbonyl (C=O) groups is 1. The summed E-state index contributed by atoms with van der Waals surface area (Å²) in [4.78, 5) is 20.7. The number of hydrogen-bond acceptors (Lipinski definition) is 4. The van der Waals surface area contributed by atoms with Gasteiger partial charge in [0.25, 0.3) is 0 Å². The smallest absolute Gasteiger partial charge is 0.224 e. The molecule has 1 saturated carbocycles. The van der Waals surface area contributed by atoms with Crippen molar-refractivity contribution >= 4 is 17.1 Å². The Hall–Kier alpha value is -2.83. The first-order chi connectivity index (χ1) is 13.2. The standard InChI is InChI=1S/C20H22FN5O/c21-16-3-1-2-14(10-16)11-17(27)24-12-13-4-6-15(7-5-13)18-19-20(26-25-18)23-9-8-22-19/h1-3,8-10,13,15H,4-7,11-12H2,(H,24,27)(H,23,25,26). The van der Waals surface area contributed by atoms with Gasteiger partial charge in [-0.05, 0) is 49.3 Å². The van der Waals surface area contributed by atoms with E-state index in [4.69, 9.17) is 0 Å². The molecule has 2 aromatic heterocycles. The molecule has 0 bridgehead atoms. The van der Waals surface area contributed by atoms with Crippen LogP contribution < -0.4 is 5.32 Å². The number of aromatic nitrogens is 4. The fourth-order valence-electron chi connectivity index (χ4n) is 3.86. The van der Waals surface area contributed by atoms with E-state index in [0.29, 0.717) is 29.6 Å². The zero-order valence-electron chi connectivity index (χ0n) is 15.0. The zero-order chi connectivity index (χ0) is 18.6. The second kappa shape index (κ2) is 7.82. The number of aromatic amines is 1. The van der Waals surface area contributed by atoms with Gasteiger partial charge in [-0.3, -0.25) is 9.89 Å². The van der Waals surface area contributed by atoms with Crippen LogP contribution in [0.15, 0.2) is 36.7 Å². The van der Waals surface area contributed by atoms with Crippen molar-refractivity contribution < 1.29 is 9.18 Å². The normalized spacial score (nSPS) is 19.9. The molecule has 4 rings (SSSR count). The quantitative estimate of drug-likeness (QED) is 0.726. The molecule has 1 amide bonds. The maximum Gasteiger partial charge on any atom is 0.224 e. The third kappa shape index (κ3) is 4.13. The van der Waals surface area contributed by atoms with Gasteiger partial charge in [-0.25, -0.2) is 14.4 Å². The van der Waals surface area contributed by atoms with Crippen LogP contribution in [0.25, 0.3) is 11.2 Å². The molecule has 2 heterocycles. The zero-order valence-corrected chi connectivity index (χ0v) is 15.0. The van der Waals surface area contributed by atoms with Crippen molar-refractivity contribution in [2.75, 3.05) is 6.54 Å². The maximum atomic E-state index is 13.2. The number of benzene rings is 1. The summed E-state index contributed by atoms with van der Waals surface area (Å²) in [6.45, 7) is 0.671. The number of hydrogen-bond donors (Lipinski definition) is 2. The summed E-state index contributed by atoms with van der Waals surface area (Å²) in [6.07, 6.45) is 7.73. The van der Waals surface area contributed by atoms with Gasteiger partial charge in [-0.2, -0.15) is 5.10 Å². The number of halogens is 1. The number of fused-ring (bicyclic) bond motifs is 1. The lowest BCUT2D eigenvalue weighted by molar-refractivity contribution is -0.120. The van der Waals surface area contributed by atoms with Gasteiger partial charge in [0.15, 0.2) is 5.65 Å². The van der Waals surface area contributed by atoms with Crippen LogP contribution in [0.4, 0.5) is 4.39 Å². The molecule has 27 heavy (non-hydrogen) atoms. The highest BCUT2D eigenvalue weighted by Gasteiger charge is 2.26. The number of nitrogens with zero attached hydrogens (tertiary/aromatic N) is 3. The molecule has 1 aliphatic rings. The summed E-state index contributed by atoms with van der Waals surface area (Å²) in [7, 11) is 0. The number of carbonyl (C=O) groups excluding carboxylic acids is 1. The summed E-state index contributed by atoms with van der Waals surface area (Å²) < 4.78 is 13.2. The molecule has 1 fully saturated rings. The van der Waals surface area contributed by atoms with Crippen LogP contribution in [0, 0.1) is 11.7 Å². The van der Waals surface area contributed by atoms with Crippen molar-refractivity contribution in [3.05, 3.63) is 53.7 Å². The van der Waals surface area contributed by atoms with E-state index in [9.17, 15) is 9.18 Å². The Kier molecular flexibility index (Phi) is 5.09. The van der Waals surface area contributed by atoms with Crippen molar-refractivity contribution in [3.63, 3.8) is 0 Å². The second-order valence-corrected chi connectivity index (χ2v) is 7.19. The molecule has 3 aromatic rings. The molecule has 7 heteroatoms. The highest BCUT2D eigenvalue weighted by molar-refractivity contribution is 5.78. The van der Waals surface area contributed by atoms with Gasteiger partial charge in [0.2, 0.25) is 5.91 Å². The van der Waals surface area contributed by atoms with E-state index in [0.717, 1.165) is 36.9 Å². The highest BCUT2D eigenvalue weighted by Crippen LogP contribution is 2.36. The minimum absolute atomic E-state index is 0.0578. The SMILES string of the molecule is O=C(Cc1cccc(F)c1)NCC1CCC(c2[nH]nc3nccnc23)CC1. The van der Waals surface area contributed by atoms with Gasteiger partial charge in [0, 0.05) is 24.9 Å². The van der Waals surface area contributed by atoms with Crippen molar-refractivity contribution in [1.82, 2.24) is 25.5 Å². The third-order valence-corrected chi connectivity index (χ3v) is 5.31. The Labute approximate surface area is 156 Å². The Morgan fingerprint density at radius 1 is 1.19 bits per heavy atom. The Morgan fingerprint density at radius 3 is 2.81 bits per heavy atom. The van der Waals surface area contributed by atoms with E-state index >= 15 is 0 Å². The lowest BCUT2D eigenvalue weighted by Crippen LogP contribution is -2.32. The van der Waals surface area contributed by atoms with Gasteiger partial charge in [0.05, 0.1) is 12.1 Å². The summed E-state index contributed by atoms with van der Waals surface area (Å²) in [5.74, 6) is 0.510. The predicted molar refractivity (Wildman–Crippen MR) is 99.5 cm³/mol. The number of nitrogens with one attached hydrogen (secondary N) is 2. The average Bonchev–Trinajstić information content (AvgIpc) is 3.11. The van der Waals surface area contributed by atoms with E-state index in [1.807, 2.05) is 0 Å². The molecular formula is C20H22FN5O. The van der Waals surface area contributed by atoms with Crippen LogP contribution in [-0.4, -0.2) is 32.6 Å². The molecule has 0 radical (unpaired) electrons. The van der Waals surface area contributed by atoms with Gasteiger partial charge >= 0.3 is 0 Å². The van der Waals surface area contributed by atoms with Crippen LogP contribution in [0.3, 0.4) is 0 Å². The number of amides is 1. The van der Waals surface area contributed by atoms with Crippen LogP contribution in [0.2, 0.25) is 0 Å². The van der Waals surface area contributed by atoms with E-state index in [-0.39, 0.29) is 18.1 Å². The van der Waals surface area contributed by atoms with E-state index < -0.39 is 0 Å². The molecule has 0 aliphatic heterocycles. The summed E-state index contributed by atoms with van der Waals surface area (Å²) in [5.41, 5.74) is 3.30. The first-order valence-electron chi connectivity index (χ1n) is 9.35. The van der Waals surface area contributed by atoms with Gasteiger partial charge < -0.3 is 5.32 Å². The molecule has 140 valence electrons. The minimum Gasteiger partial charge on any atom is -0.356 e. The summed E-state index contributed by atoms with van der Waals surface area (Å²) in [5, 5.41) is 10.3. The van der Waals surface area contributed by atoms with Crippen molar-refractivity contribution in [3.8, 4) is 0 Å². The van der Waals surface area contributed by atoms with E-state index in [1.165, 1.54) is 12.1 Å². The first-order valence-corrected chi connectivity index (χ1v) is 9.35. The van der Waals surface area contributed by atoms with Gasteiger partial charge in [-0.15, -0.1) is 0 Å². The topological polar surface area (TPSA) is 83.6 Å². The van der Waals surface area contributed by atoms with Crippen molar-refractivity contribution in [2.45, 2.75) is 38.0 Å². The molecule has 0 atom stereocenters. The number of rotatable bonds is 5. The summed E-state index contributed by atoms with van der Waals surface area (Å²) >= 11 is 0. The van der Waals surface area contributed by atoms with Crippen LogP contribution in [0.5, 0.6) is 0 Å². The fourth-order valence-corrected chi connectivity index (χ4v) is 3.86. The minimum atomic E-state index is -0.311. The van der Waals surface area contributed by atoms with Crippen molar-refractivity contribution in [1.29, 1.82) is 0 Å². The first kappa shape index (κ1) is 17.6. The lowest BCUT2D eigenvalue weighted by Gasteiger charge is -2.28. The summed E-state index contributed by atoms with van der Waals surface area (Å²) in [6, 6.07) is 6.19. The van der Waals surface area contributed by atoms with E-state index in [1.54, 1.807) is 24.5 Å². The molecule has 1 aliphatic carbocycles. The fraction of sp³-hybridized carbons (Fsp3) is 0.400. The largest absolute Gasteiger partial charge is 0.356 e. The van der Waals surface area contributed by atoms with Gasteiger partial charge in [-0.1, -0.05) is 12.1 Å². The lowest BCUT2D eigenvalue weighted by atomic mass is 9.80. The molecule has 6 nitrogen and oxygen atoms in total. The average molecular weight is 367 g/mol. The second-order valence-electron chi connectivity index (χ2n) is 7.19. The Bertz CT molecular complexity index is 933. The number of H-pyrrole nitrogens is 1. The molecule has 2 N–H and O–H groups in total. The highest BCUT2D eigenvalue weighted by atomic mass is 19.1. The predicted octanol–water partition coefficient (Wildman–Crippen LogP) is 3.12.